The van der Waals surface area contributed by atoms with Crippen molar-refractivity contribution in [3.05, 3.63) is 24.3 Å². The third kappa shape index (κ3) is 6.42. The number of likely N-dealkylation sites (tertiary alicyclic amines) is 1. The summed E-state index contributed by atoms with van der Waals surface area (Å²) in [5.74, 6) is 0.780. The number of hydrogen-bond donors (Lipinski definition) is 1. The monoisotopic (exact) mass is 418 g/mol. The van der Waals surface area contributed by atoms with Gasteiger partial charge >= 0.3 is 0 Å². The van der Waals surface area contributed by atoms with Crippen molar-refractivity contribution in [2.24, 2.45) is 11.8 Å². The minimum atomic E-state index is -1.01. The molecule has 0 bridgehead atoms. The predicted molar refractivity (Wildman–Crippen MR) is 118 cm³/mol. The fourth-order valence-corrected chi connectivity index (χ4v) is 4.37. The average Bonchev–Trinajstić information content (AvgIpc) is 2.74. The molecule has 0 spiro atoms. The van der Waals surface area contributed by atoms with Crippen LogP contribution in [0.5, 0.6) is 0 Å². The third-order valence-electron chi connectivity index (χ3n) is 6.06. The van der Waals surface area contributed by atoms with Gasteiger partial charge in [-0.05, 0) is 42.9 Å². The molecular weight excluding hydrogens is 383 g/mol. The van der Waals surface area contributed by atoms with Gasteiger partial charge in [-0.2, -0.15) is 0 Å². The van der Waals surface area contributed by atoms with Gasteiger partial charge < -0.3 is 15.1 Å². The van der Waals surface area contributed by atoms with Gasteiger partial charge in [0, 0.05) is 63.6 Å². The van der Waals surface area contributed by atoms with E-state index in [1.165, 1.54) is 0 Å². The lowest BCUT2D eigenvalue weighted by Crippen LogP contribution is -2.49. The molecule has 0 aromatic heterocycles. The SMILES string of the molecule is CC(C)CC(=O)N1CCC(CN2CCN(c3cccc(NC(=O)CF)c3)CC2)CC1. The quantitative estimate of drug-likeness (QED) is 0.740. The molecule has 2 saturated heterocycles. The smallest absolute Gasteiger partial charge is 0.255 e. The van der Waals surface area contributed by atoms with Crippen LogP contribution in [0, 0.1) is 11.8 Å². The molecule has 2 amide bonds. The fraction of sp³-hybridized carbons (Fsp3) is 0.652. The number of rotatable bonds is 7. The molecule has 3 rings (SSSR count). The average molecular weight is 419 g/mol. The molecule has 2 aliphatic heterocycles. The first kappa shape index (κ1) is 22.5. The Morgan fingerprint density at radius 2 is 1.80 bits per heavy atom. The zero-order valence-corrected chi connectivity index (χ0v) is 18.3. The first-order valence-corrected chi connectivity index (χ1v) is 11.2. The van der Waals surface area contributed by atoms with Gasteiger partial charge in [0.2, 0.25) is 5.91 Å². The van der Waals surface area contributed by atoms with Crippen LogP contribution >= 0.6 is 0 Å². The molecule has 2 fully saturated rings. The molecule has 2 aliphatic rings. The Kier molecular flexibility index (Phi) is 8.08. The molecule has 0 radical (unpaired) electrons. The van der Waals surface area contributed by atoms with Crippen LogP contribution in [0.3, 0.4) is 0 Å². The Morgan fingerprint density at radius 1 is 1.10 bits per heavy atom. The third-order valence-corrected chi connectivity index (χ3v) is 6.06. The van der Waals surface area contributed by atoms with E-state index in [-0.39, 0.29) is 0 Å². The largest absolute Gasteiger partial charge is 0.369 e. The van der Waals surface area contributed by atoms with Gasteiger partial charge in [-0.3, -0.25) is 14.5 Å². The Bertz CT molecular complexity index is 711. The number of carbonyl (C=O) groups is 2. The normalized spacial score (nSPS) is 18.7. The predicted octanol–water partition coefficient (Wildman–Crippen LogP) is 3.00. The van der Waals surface area contributed by atoms with Gasteiger partial charge in [-0.25, -0.2) is 4.39 Å². The number of benzene rings is 1. The standard InChI is InChI=1S/C23H35FN4O2/c1-18(2)14-23(30)28-8-6-19(7-9-28)17-26-10-12-27(13-11-26)21-5-3-4-20(15-21)25-22(29)16-24/h3-5,15,18-19H,6-14,16-17H2,1-2H3,(H,25,29). The summed E-state index contributed by atoms with van der Waals surface area (Å²) in [6.07, 6.45) is 2.85. The van der Waals surface area contributed by atoms with Crippen LogP contribution in [0.25, 0.3) is 0 Å². The lowest BCUT2D eigenvalue weighted by atomic mass is 9.95. The highest BCUT2D eigenvalue weighted by Crippen LogP contribution is 2.23. The molecule has 2 heterocycles. The van der Waals surface area contributed by atoms with Gasteiger partial charge in [-0.1, -0.05) is 19.9 Å². The summed E-state index contributed by atoms with van der Waals surface area (Å²) >= 11 is 0. The molecule has 0 unspecified atom stereocenters. The molecule has 166 valence electrons. The van der Waals surface area contributed by atoms with Crippen LogP contribution in [0.1, 0.15) is 33.1 Å². The van der Waals surface area contributed by atoms with Crippen molar-refractivity contribution >= 4 is 23.2 Å². The van der Waals surface area contributed by atoms with Crippen molar-refractivity contribution in [1.82, 2.24) is 9.80 Å². The number of alkyl halides is 1. The lowest BCUT2D eigenvalue weighted by molar-refractivity contribution is -0.133. The Hall–Kier alpha value is -2.15. The molecule has 30 heavy (non-hydrogen) atoms. The van der Waals surface area contributed by atoms with Crippen molar-refractivity contribution < 1.29 is 14.0 Å². The summed E-state index contributed by atoms with van der Waals surface area (Å²) in [4.78, 5) is 30.4. The van der Waals surface area contributed by atoms with E-state index in [9.17, 15) is 14.0 Å². The highest BCUT2D eigenvalue weighted by atomic mass is 19.1. The fourth-order valence-electron chi connectivity index (χ4n) is 4.37. The minimum absolute atomic E-state index is 0.307. The van der Waals surface area contributed by atoms with Crippen LogP contribution in [0.4, 0.5) is 15.8 Å². The zero-order chi connectivity index (χ0) is 21.5. The molecule has 0 atom stereocenters. The maximum Gasteiger partial charge on any atom is 0.255 e. The van der Waals surface area contributed by atoms with E-state index in [4.69, 9.17) is 0 Å². The number of piperazine rings is 1. The number of nitrogens with zero attached hydrogens (tertiary/aromatic N) is 3. The van der Waals surface area contributed by atoms with Crippen molar-refractivity contribution in [2.75, 3.05) is 62.7 Å². The summed E-state index contributed by atoms with van der Waals surface area (Å²) in [5.41, 5.74) is 1.69. The molecule has 0 saturated carbocycles. The van der Waals surface area contributed by atoms with E-state index in [0.29, 0.717) is 29.9 Å². The maximum atomic E-state index is 12.4. The summed E-state index contributed by atoms with van der Waals surface area (Å²) in [6.45, 7) is 9.97. The first-order valence-electron chi connectivity index (χ1n) is 11.2. The first-order chi connectivity index (χ1) is 14.4. The van der Waals surface area contributed by atoms with Crippen LogP contribution in [0.15, 0.2) is 24.3 Å². The maximum absolute atomic E-state index is 12.4. The number of amides is 2. The molecule has 1 aromatic carbocycles. The van der Waals surface area contributed by atoms with E-state index in [1.54, 1.807) is 6.07 Å². The van der Waals surface area contributed by atoms with Crippen molar-refractivity contribution in [3.8, 4) is 0 Å². The highest BCUT2D eigenvalue weighted by molar-refractivity contribution is 5.92. The van der Waals surface area contributed by atoms with Gasteiger partial charge in [0.1, 0.15) is 0 Å². The minimum Gasteiger partial charge on any atom is -0.369 e. The summed E-state index contributed by atoms with van der Waals surface area (Å²) in [7, 11) is 0. The number of anilines is 2. The van der Waals surface area contributed by atoms with Crippen LogP contribution in [0.2, 0.25) is 0 Å². The second-order valence-corrected chi connectivity index (χ2v) is 8.94. The molecule has 1 N–H and O–H groups in total. The van der Waals surface area contributed by atoms with Gasteiger partial charge in [0.05, 0.1) is 0 Å². The topological polar surface area (TPSA) is 55.9 Å². The molecule has 7 heteroatoms. The molecule has 1 aromatic rings. The number of hydrogen-bond acceptors (Lipinski definition) is 4. The van der Waals surface area contributed by atoms with E-state index in [0.717, 1.165) is 64.3 Å². The number of carbonyl (C=O) groups excluding carboxylic acids is 2. The second kappa shape index (κ2) is 10.8. The second-order valence-electron chi connectivity index (χ2n) is 8.94. The van der Waals surface area contributed by atoms with Crippen LogP contribution < -0.4 is 10.2 Å². The highest BCUT2D eigenvalue weighted by Gasteiger charge is 2.26. The van der Waals surface area contributed by atoms with E-state index in [2.05, 4.69) is 29.0 Å². The number of piperidine rings is 1. The Balaban J connectivity index is 1.42. The van der Waals surface area contributed by atoms with Crippen molar-refractivity contribution in [2.45, 2.75) is 33.1 Å². The van der Waals surface area contributed by atoms with E-state index < -0.39 is 12.6 Å². The Labute approximate surface area is 179 Å². The summed E-state index contributed by atoms with van der Waals surface area (Å²) < 4.78 is 12.4. The van der Waals surface area contributed by atoms with Gasteiger partial charge in [-0.15, -0.1) is 0 Å². The molecule has 0 aliphatic carbocycles. The number of nitrogens with one attached hydrogen (secondary N) is 1. The van der Waals surface area contributed by atoms with Crippen molar-refractivity contribution in [3.63, 3.8) is 0 Å². The lowest BCUT2D eigenvalue weighted by Gasteiger charge is -2.39. The number of halogens is 1. The Morgan fingerprint density at radius 3 is 2.43 bits per heavy atom. The zero-order valence-electron chi connectivity index (χ0n) is 18.3. The van der Waals surface area contributed by atoms with Crippen LogP contribution in [-0.2, 0) is 9.59 Å². The summed E-state index contributed by atoms with van der Waals surface area (Å²) in [5, 5.41) is 2.58. The van der Waals surface area contributed by atoms with E-state index >= 15 is 0 Å². The molecule has 6 nitrogen and oxygen atoms in total. The van der Waals surface area contributed by atoms with Gasteiger partial charge in [0.15, 0.2) is 6.67 Å². The van der Waals surface area contributed by atoms with Crippen LogP contribution in [-0.4, -0.2) is 74.1 Å². The summed E-state index contributed by atoms with van der Waals surface area (Å²) in [6, 6.07) is 7.62. The van der Waals surface area contributed by atoms with Crippen molar-refractivity contribution in [1.29, 1.82) is 0 Å². The van der Waals surface area contributed by atoms with Gasteiger partial charge in [0.25, 0.3) is 5.91 Å². The molecular formula is C23H35FN4O2. The van der Waals surface area contributed by atoms with E-state index in [1.807, 2.05) is 23.1 Å².